The van der Waals surface area contributed by atoms with Crippen LogP contribution in [0.4, 0.5) is 15.8 Å². The highest BCUT2D eigenvalue weighted by Crippen LogP contribution is 2.24. The summed E-state index contributed by atoms with van der Waals surface area (Å²) in [5.41, 5.74) is 13.4. The summed E-state index contributed by atoms with van der Waals surface area (Å²) in [6.07, 6.45) is 2.12. The number of aromatic nitrogens is 1. The molecule has 90 valence electrons. The largest absolute Gasteiger partial charge is 0.398 e. The Balaban J connectivity index is 0.00000144. The number of halogens is 2. The van der Waals surface area contributed by atoms with Crippen molar-refractivity contribution in [1.82, 2.24) is 4.98 Å². The minimum Gasteiger partial charge on any atom is -0.398 e. The second-order valence-corrected chi connectivity index (χ2v) is 3.53. The van der Waals surface area contributed by atoms with E-state index in [9.17, 15) is 4.39 Å². The lowest BCUT2D eigenvalue weighted by atomic mass is 10.0. The van der Waals surface area contributed by atoms with Crippen molar-refractivity contribution in [3.63, 3.8) is 0 Å². The first-order chi connectivity index (χ1) is 7.68. The first-order valence-electron chi connectivity index (χ1n) is 4.90. The van der Waals surface area contributed by atoms with Crippen LogP contribution < -0.4 is 11.5 Å². The molecule has 1 heterocycles. The number of nitrogens with two attached hydrogens (primary N) is 2. The van der Waals surface area contributed by atoms with Crippen LogP contribution in [0.3, 0.4) is 0 Å². The van der Waals surface area contributed by atoms with E-state index in [0.717, 1.165) is 5.69 Å². The number of rotatable bonds is 2. The van der Waals surface area contributed by atoms with Crippen LogP contribution in [0.15, 0.2) is 36.5 Å². The van der Waals surface area contributed by atoms with Crippen LogP contribution in [-0.2, 0) is 6.42 Å². The quantitative estimate of drug-likeness (QED) is 0.808. The second-order valence-electron chi connectivity index (χ2n) is 3.53. The van der Waals surface area contributed by atoms with Crippen molar-refractivity contribution in [3.05, 3.63) is 53.6 Å². The van der Waals surface area contributed by atoms with Crippen LogP contribution in [0.25, 0.3) is 0 Å². The van der Waals surface area contributed by atoms with Gasteiger partial charge in [0.1, 0.15) is 5.82 Å². The van der Waals surface area contributed by atoms with E-state index in [4.69, 9.17) is 11.5 Å². The number of nitrogen functional groups attached to an aromatic ring is 2. The molecule has 0 radical (unpaired) electrons. The van der Waals surface area contributed by atoms with Gasteiger partial charge in [0.25, 0.3) is 0 Å². The van der Waals surface area contributed by atoms with Gasteiger partial charge in [-0.15, -0.1) is 12.4 Å². The molecule has 0 aliphatic heterocycles. The summed E-state index contributed by atoms with van der Waals surface area (Å²) in [6.45, 7) is 0. The summed E-state index contributed by atoms with van der Waals surface area (Å²) in [5, 5.41) is 0. The molecule has 0 atom stereocenters. The summed E-state index contributed by atoms with van der Waals surface area (Å²) in [6, 6.07) is 8.33. The van der Waals surface area contributed by atoms with Gasteiger partial charge in [-0.25, -0.2) is 4.39 Å². The van der Waals surface area contributed by atoms with Crippen molar-refractivity contribution in [3.8, 4) is 0 Å². The molecule has 5 heteroatoms. The van der Waals surface area contributed by atoms with Crippen LogP contribution in [-0.4, -0.2) is 4.98 Å². The Hall–Kier alpha value is -1.81. The number of hydrogen-bond acceptors (Lipinski definition) is 3. The summed E-state index contributed by atoms with van der Waals surface area (Å²) < 4.78 is 13.3. The van der Waals surface area contributed by atoms with Gasteiger partial charge in [-0.2, -0.15) is 0 Å². The predicted molar refractivity (Wildman–Crippen MR) is 69.5 cm³/mol. The molecule has 4 N–H and O–H groups in total. The van der Waals surface area contributed by atoms with Gasteiger partial charge in [0.05, 0.1) is 5.69 Å². The molecule has 0 fully saturated rings. The van der Waals surface area contributed by atoms with E-state index in [-0.39, 0.29) is 18.1 Å². The number of nitrogens with zero attached hydrogens (tertiary/aromatic N) is 1. The summed E-state index contributed by atoms with van der Waals surface area (Å²) >= 11 is 0. The molecule has 2 rings (SSSR count). The van der Waals surface area contributed by atoms with Crippen molar-refractivity contribution in [2.45, 2.75) is 6.42 Å². The molecule has 0 aliphatic rings. The lowest BCUT2D eigenvalue weighted by molar-refractivity contribution is 0.631. The van der Waals surface area contributed by atoms with Crippen LogP contribution in [0.2, 0.25) is 0 Å². The van der Waals surface area contributed by atoms with Gasteiger partial charge in [-0.1, -0.05) is 6.07 Å². The third-order valence-corrected chi connectivity index (χ3v) is 2.42. The van der Waals surface area contributed by atoms with Crippen molar-refractivity contribution in [2.24, 2.45) is 0 Å². The van der Waals surface area contributed by atoms with E-state index in [1.807, 2.05) is 18.2 Å². The molecule has 0 aliphatic carbocycles. The monoisotopic (exact) mass is 253 g/mol. The maximum atomic E-state index is 13.3. The highest BCUT2D eigenvalue weighted by molar-refractivity contribution is 5.85. The Labute approximate surface area is 105 Å². The Kier molecular flexibility index (Phi) is 4.29. The minimum atomic E-state index is -0.444. The Morgan fingerprint density at radius 2 is 1.88 bits per heavy atom. The molecule has 0 saturated carbocycles. The zero-order chi connectivity index (χ0) is 11.5. The highest BCUT2D eigenvalue weighted by atomic mass is 35.5. The van der Waals surface area contributed by atoms with Crippen LogP contribution in [0.1, 0.15) is 11.3 Å². The Bertz CT molecular complexity index is 503. The van der Waals surface area contributed by atoms with E-state index in [2.05, 4.69) is 4.98 Å². The molecular formula is C12H13ClFN3. The summed E-state index contributed by atoms with van der Waals surface area (Å²) in [7, 11) is 0. The van der Waals surface area contributed by atoms with Gasteiger partial charge in [-0.05, 0) is 24.3 Å². The van der Waals surface area contributed by atoms with E-state index < -0.39 is 5.82 Å². The van der Waals surface area contributed by atoms with Crippen LogP contribution >= 0.6 is 12.4 Å². The third kappa shape index (κ3) is 2.85. The Morgan fingerprint density at radius 1 is 1.12 bits per heavy atom. The standard InChI is InChI=1S/C12H12FN3.ClH/c13-10-4-5-11(14)9(12(10)15)7-8-3-1-2-6-16-8;/h1-6H,7,14-15H2;1H. The number of pyridine rings is 1. The Morgan fingerprint density at radius 3 is 2.53 bits per heavy atom. The molecule has 3 nitrogen and oxygen atoms in total. The van der Waals surface area contributed by atoms with Gasteiger partial charge in [0, 0.05) is 29.6 Å². The molecule has 17 heavy (non-hydrogen) atoms. The molecule has 0 saturated heterocycles. The maximum Gasteiger partial charge on any atom is 0.146 e. The van der Waals surface area contributed by atoms with E-state index >= 15 is 0 Å². The van der Waals surface area contributed by atoms with Crippen molar-refractivity contribution in [1.29, 1.82) is 0 Å². The molecule has 1 aromatic carbocycles. The topological polar surface area (TPSA) is 64.9 Å². The molecule has 1 aromatic heterocycles. The normalized spacial score (nSPS) is 9.71. The summed E-state index contributed by atoms with van der Waals surface area (Å²) in [4.78, 5) is 4.15. The van der Waals surface area contributed by atoms with Crippen molar-refractivity contribution < 1.29 is 4.39 Å². The fourth-order valence-electron chi connectivity index (χ4n) is 1.53. The van der Waals surface area contributed by atoms with Crippen LogP contribution in [0, 0.1) is 5.82 Å². The fraction of sp³-hybridized carbons (Fsp3) is 0.0833. The van der Waals surface area contributed by atoms with Gasteiger partial charge < -0.3 is 11.5 Å². The lowest BCUT2D eigenvalue weighted by Crippen LogP contribution is -2.04. The lowest BCUT2D eigenvalue weighted by Gasteiger charge is -2.09. The third-order valence-electron chi connectivity index (χ3n) is 2.42. The van der Waals surface area contributed by atoms with Crippen molar-refractivity contribution >= 4 is 23.8 Å². The van der Waals surface area contributed by atoms with Gasteiger partial charge in [0.2, 0.25) is 0 Å². The molecule has 0 unspecified atom stereocenters. The molecule has 0 bridgehead atoms. The van der Waals surface area contributed by atoms with Crippen LogP contribution in [0.5, 0.6) is 0 Å². The first-order valence-corrected chi connectivity index (χ1v) is 4.90. The van der Waals surface area contributed by atoms with Gasteiger partial charge in [-0.3, -0.25) is 4.98 Å². The zero-order valence-corrected chi connectivity index (χ0v) is 9.88. The van der Waals surface area contributed by atoms with Gasteiger partial charge in [0.15, 0.2) is 0 Å². The van der Waals surface area contributed by atoms with Gasteiger partial charge >= 0.3 is 0 Å². The summed E-state index contributed by atoms with van der Waals surface area (Å²) in [5.74, 6) is -0.444. The first kappa shape index (κ1) is 13.3. The number of benzene rings is 1. The fourth-order valence-corrected chi connectivity index (χ4v) is 1.53. The second kappa shape index (κ2) is 5.50. The zero-order valence-electron chi connectivity index (χ0n) is 9.06. The van der Waals surface area contributed by atoms with E-state index in [1.54, 1.807) is 6.20 Å². The minimum absolute atomic E-state index is 0. The maximum absolute atomic E-state index is 13.3. The molecular weight excluding hydrogens is 241 g/mol. The number of hydrogen-bond donors (Lipinski definition) is 2. The van der Waals surface area contributed by atoms with Crippen molar-refractivity contribution in [2.75, 3.05) is 11.5 Å². The average Bonchev–Trinajstić information content (AvgIpc) is 2.31. The average molecular weight is 254 g/mol. The molecule has 0 spiro atoms. The SMILES string of the molecule is Cl.Nc1ccc(F)c(N)c1Cc1ccccn1. The molecule has 0 amide bonds. The highest BCUT2D eigenvalue weighted by Gasteiger charge is 2.09. The number of anilines is 2. The molecule has 2 aromatic rings. The predicted octanol–water partition coefficient (Wildman–Crippen LogP) is 2.40. The van der Waals surface area contributed by atoms with E-state index in [1.165, 1.54) is 12.1 Å². The smallest absolute Gasteiger partial charge is 0.146 e. The van der Waals surface area contributed by atoms with E-state index in [0.29, 0.717) is 17.7 Å².